The summed E-state index contributed by atoms with van der Waals surface area (Å²) in [6.07, 6.45) is -0.224. The molecule has 0 aliphatic carbocycles. The molecule has 0 saturated carbocycles. The maximum absolute atomic E-state index is 12.3. The molecule has 1 atom stereocenters. The Balaban J connectivity index is 2.43. The van der Waals surface area contributed by atoms with E-state index in [1.807, 2.05) is 24.3 Å². The van der Waals surface area contributed by atoms with Gasteiger partial charge in [0.2, 0.25) is 0 Å². The molecular weight excluding hydrogens is 336 g/mol. The number of hydrogen-bond donors (Lipinski definition) is 2. The Morgan fingerprint density at radius 1 is 1.38 bits per heavy atom. The summed E-state index contributed by atoms with van der Waals surface area (Å²) >= 11 is 3.40. The van der Waals surface area contributed by atoms with Crippen LogP contribution in [0.3, 0.4) is 0 Å². The van der Waals surface area contributed by atoms with Crippen LogP contribution in [0.25, 0.3) is 0 Å². The van der Waals surface area contributed by atoms with Gasteiger partial charge in [0.25, 0.3) is 0 Å². The minimum Gasteiger partial charge on any atom is -0.459 e. The molecule has 1 aliphatic rings. The van der Waals surface area contributed by atoms with E-state index in [-0.39, 0.29) is 12.1 Å². The smallest absolute Gasteiger partial charge is 0.338 e. The van der Waals surface area contributed by atoms with E-state index in [9.17, 15) is 9.59 Å². The molecule has 2 amide bonds. The molecule has 0 fully saturated rings. The molecule has 1 heterocycles. The molecule has 0 saturated heterocycles. The Hall–Kier alpha value is -1.82. The minimum atomic E-state index is -0.525. The molecule has 21 heavy (non-hydrogen) atoms. The fourth-order valence-electron chi connectivity index (χ4n) is 2.18. The second-order valence-corrected chi connectivity index (χ2v) is 5.99. The van der Waals surface area contributed by atoms with Crippen LogP contribution in [-0.2, 0) is 9.53 Å². The van der Waals surface area contributed by atoms with E-state index in [1.165, 1.54) is 0 Å². The van der Waals surface area contributed by atoms with Gasteiger partial charge in [-0.15, -0.1) is 0 Å². The number of halogens is 1. The van der Waals surface area contributed by atoms with E-state index in [0.29, 0.717) is 11.3 Å². The fourth-order valence-corrected chi connectivity index (χ4v) is 2.60. The number of esters is 1. The SMILES string of the molecule is CC1=C(C(=O)OC(C)C)C(c2cccc(Br)c2)NC(=O)N1. The van der Waals surface area contributed by atoms with Gasteiger partial charge in [-0.1, -0.05) is 28.1 Å². The standard InChI is InChI=1S/C15H17BrN2O3/c1-8(2)21-14(19)12-9(3)17-15(20)18-13(12)10-5-4-6-11(16)7-10/h4-8,13H,1-3H3,(H2,17,18,20). The first-order valence-corrected chi connectivity index (χ1v) is 7.42. The van der Waals surface area contributed by atoms with Crippen molar-refractivity contribution in [2.75, 3.05) is 0 Å². The van der Waals surface area contributed by atoms with E-state index < -0.39 is 12.0 Å². The number of carbonyl (C=O) groups is 2. The van der Waals surface area contributed by atoms with Crippen molar-refractivity contribution in [2.45, 2.75) is 32.9 Å². The highest BCUT2D eigenvalue weighted by Gasteiger charge is 2.32. The lowest BCUT2D eigenvalue weighted by Gasteiger charge is -2.28. The van der Waals surface area contributed by atoms with Crippen molar-refractivity contribution in [1.82, 2.24) is 10.6 Å². The van der Waals surface area contributed by atoms with Gasteiger partial charge in [-0.3, -0.25) is 0 Å². The van der Waals surface area contributed by atoms with E-state index in [1.54, 1.807) is 20.8 Å². The second kappa shape index (κ2) is 6.30. The van der Waals surface area contributed by atoms with Crippen molar-refractivity contribution in [3.63, 3.8) is 0 Å². The van der Waals surface area contributed by atoms with E-state index >= 15 is 0 Å². The molecule has 112 valence electrons. The number of nitrogens with one attached hydrogen (secondary N) is 2. The van der Waals surface area contributed by atoms with Crippen LogP contribution in [0.2, 0.25) is 0 Å². The zero-order valence-corrected chi connectivity index (χ0v) is 13.7. The molecule has 6 heteroatoms. The summed E-state index contributed by atoms with van der Waals surface area (Å²) in [5.74, 6) is -0.431. The highest BCUT2D eigenvalue weighted by Crippen LogP contribution is 2.29. The minimum absolute atomic E-state index is 0.224. The normalized spacial score (nSPS) is 18.3. The van der Waals surface area contributed by atoms with Crippen LogP contribution in [0.4, 0.5) is 4.79 Å². The topological polar surface area (TPSA) is 67.4 Å². The van der Waals surface area contributed by atoms with Gasteiger partial charge < -0.3 is 15.4 Å². The summed E-state index contributed by atoms with van der Waals surface area (Å²) in [6.45, 7) is 5.27. The Morgan fingerprint density at radius 3 is 2.71 bits per heavy atom. The van der Waals surface area contributed by atoms with Crippen molar-refractivity contribution < 1.29 is 14.3 Å². The molecule has 1 aromatic carbocycles. The Labute approximate surface area is 131 Å². The van der Waals surface area contributed by atoms with Gasteiger partial charge in [-0.05, 0) is 38.5 Å². The number of carbonyl (C=O) groups excluding carboxylic acids is 2. The van der Waals surface area contributed by atoms with Crippen molar-refractivity contribution in [3.05, 3.63) is 45.6 Å². The maximum Gasteiger partial charge on any atom is 0.338 e. The first-order valence-electron chi connectivity index (χ1n) is 6.63. The molecule has 0 aromatic heterocycles. The van der Waals surface area contributed by atoms with E-state index in [4.69, 9.17) is 4.74 Å². The van der Waals surface area contributed by atoms with Gasteiger partial charge in [-0.2, -0.15) is 0 Å². The largest absolute Gasteiger partial charge is 0.459 e. The number of benzene rings is 1. The predicted octanol–water partition coefficient (Wildman–Crippen LogP) is 3.03. The van der Waals surface area contributed by atoms with Crippen molar-refractivity contribution in [3.8, 4) is 0 Å². The van der Waals surface area contributed by atoms with Crippen LogP contribution in [0.15, 0.2) is 40.0 Å². The number of rotatable bonds is 3. The average Bonchev–Trinajstić information content (AvgIpc) is 2.36. The monoisotopic (exact) mass is 352 g/mol. The molecule has 2 N–H and O–H groups in total. The van der Waals surface area contributed by atoms with Crippen molar-refractivity contribution in [1.29, 1.82) is 0 Å². The first-order chi connectivity index (χ1) is 9.88. The highest BCUT2D eigenvalue weighted by atomic mass is 79.9. The zero-order valence-electron chi connectivity index (χ0n) is 12.1. The molecular formula is C15H17BrN2O3. The van der Waals surface area contributed by atoms with Gasteiger partial charge >= 0.3 is 12.0 Å². The summed E-state index contributed by atoms with van der Waals surface area (Å²) in [4.78, 5) is 24.0. The third kappa shape index (κ3) is 3.64. The number of urea groups is 1. The van der Waals surface area contributed by atoms with Crippen molar-refractivity contribution >= 4 is 27.9 Å². The average molecular weight is 353 g/mol. The highest BCUT2D eigenvalue weighted by molar-refractivity contribution is 9.10. The van der Waals surface area contributed by atoms with Gasteiger partial charge in [0.1, 0.15) is 0 Å². The summed E-state index contributed by atoms with van der Waals surface area (Å²) in [7, 11) is 0. The van der Waals surface area contributed by atoms with Crippen LogP contribution < -0.4 is 10.6 Å². The molecule has 1 aliphatic heterocycles. The molecule has 1 aromatic rings. The van der Waals surface area contributed by atoms with Crippen LogP contribution in [0.1, 0.15) is 32.4 Å². The second-order valence-electron chi connectivity index (χ2n) is 5.08. The van der Waals surface area contributed by atoms with Gasteiger partial charge in [0, 0.05) is 10.2 Å². The van der Waals surface area contributed by atoms with Crippen molar-refractivity contribution in [2.24, 2.45) is 0 Å². The number of ether oxygens (including phenoxy) is 1. The summed E-state index contributed by atoms with van der Waals surface area (Å²) in [5.41, 5.74) is 1.74. The molecule has 2 rings (SSSR count). The first kappa shape index (κ1) is 15.6. The third-order valence-electron chi connectivity index (χ3n) is 3.01. The quantitative estimate of drug-likeness (QED) is 0.821. The Bertz CT molecular complexity index is 611. The summed E-state index contributed by atoms with van der Waals surface area (Å²) < 4.78 is 6.15. The Kier molecular flexibility index (Phi) is 4.67. The van der Waals surface area contributed by atoms with Crippen LogP contribution in [0.5, 0.6) is 0 Å². The lowest BCUT2D eigenvalue weighted by Crippen LogP contribution is -2.45. The van der Waals surface area contributed by atoms with Crippen LogP contribution in [0, 0.1) is 0 Å². The molecule has 0 spiro atoms. The predicted molar refractivity (Wildman–Crippen MR) is 82.5 cm³/mol. The van der Waals surface area contributed by atoms with Crippen LogP contribution >= 0.6 is 15.9 Å². The van der Waals surface area contributed by atoms with Gasteiger partial charge in [0.05, 0.1) is 17.7 Å². The van der Waals surface area contributed by atoms with Crippen LogP contribution in [-0.4, -0.2) is 18.1 Å². The van der Waals surface area contributed by atoms with E-state index in [2.05, 4.69) is 26.6 Å². The molecule has 5 nitrogen and oxygen atoms in total. The third-order valence-corrected chi connectivity index (χ3v) is 3.51. The summed E-state index contributed by atoms with van der Waals surface area (Å²) in [6, 6.07) is 6.60. The van der Waals surface area contributed by atoms with E-state index in [0.717, 1.165) is 10.0 Å². The van der Waals surface area contributed by atoms with Gasteiger partial charge in [0.15, 0.2) is 0 Å². The Morgan fingerprint density at radius 2 is 2.10 bits per heavy atom. The lowest BCUT2D eigenvalue weighted by molar-refractivity contribution is -0.143. The number of allylic oxidation sites excluding steroid dienone is 1. The molecule has 1 unspecified atom stereocenters. The summed E-state index contributed by atoms with van der Waals surface area (Å²) in [5, 5.41) is 5.38. The maximum atomic E-state index is 12.3. The number of hydrogen-bond acceptors (Lipinski definition) is 3. The van der Waals surface area contributed by atoms with Gasteiger partial charge in [-0.25, -0.2) is 9.59 Å². The lowest BCUT2D eigenvalue weighted by atomic mass is 9.95. The molecule has 0 bridgehead atoms. The number of amides is 2. The fraction of sp³-hybridized carbons (Fsp3) is 0.333. The molecule has 0 radical (unpaired) electrons. The zero-order chi connectivity index (χ0) is 15.6.